The van der Waals surface area contributed by atoms with E-state index in [2.05, 4.69) is 18.6 Å². The van der Waals surface area contributed by atoms with Crippen LogP contribution in [-0.4, -0.2) is 14.5 Å². The summed E-state index contributed by atoms with van der Waals surface area (Å²) in [6.07, 6.45) is 3.28. The van der Waals surface area contributed by atoms with E-state index in [-0.39, 0.29) is 11.8 Å². The molecule has 0 saturated heterocycles. The van der Waals surface area contributed by atoms with E-state index in [1.54, 1.807) is 0 Å². The molecule has 3 nitrogen and oxygen atoms in total. The maximum Gasteiger partial charge on any atom is 0.216 e. The molecule has 0 heterocycles. The SMILES string of the molecule is C[C@H]1[C@H](C)CCC[C@@H]1NS(=O)(=O)Cc1ccccc1. The van der Waals surface area contributed by atoms with Gasteiger partial charge in [0.15, 0.2) is 0 Å². The molecule has 0 bridgehead atoms. The lowest BCUT2D eigenvalue weighted by Gasteiger charge is -2.34. The standard InChI is InChI=1S/C15H23NO2S/c1-12-7-6-10-15(13(12)2)16-19(17,18)11-14-8-4-3-5-9-14/h3-5,8-9,12-13,15-16H,6-7,10-11H2,1-2H3/t12-,13+,15+/m1/s1. The molecule has 0 aliphatic heterocycles. The molecule has 1 N–H and O–H groups in total. The maximum absolute atomic E-state index is 12.2. The van der Waals surface area contributed by atoms with Gasteiger partial charge in [0.2, 0.25) is 10.0 Å². The molecule has 1 fully saturated rings. The van der Waals surface area contributed by atoms with Crippen molar-refractivity contribution in [3.8, 4) is 0 Å². The maximum atomic E-state index is 12.2. The fourth-order valence-electron chi connectivity index (χ4n) is 2.81. The fraction of sp³-hybridized carbons (Fsp3) is 0.600. The van der Waals surface area contributed by atoms with Gasteiger partial charge in [-0.3, -0.25) is 0 Å². The van der Waals surface area contributed by atoms with Crippen LogP contribution in [-0.2, 0) is 15.8 Å². The Morgan fingerprint density at radius 1 is 1.16 bits per heavy atom. The predicted molar refractivity (Wildman–Crippen MR) is 78.2 cm³/mol. The highest BCUT2D eigenvalue weighted by molar-refractivity contribution is 7.88. The summed E-state index contributed by atoms with van der Waals surface area (Å²) in [5, 5.41) is 0. The van der Waals surface area contributed by atoms with Crippen LogP contribution in [0.5, 0.6) is 0 Å². The second-order valence-corrected chi connectivity index (χ2v) is 7.49. The lowest BCUT2D eigenvalue weighted by molar-refractivity contribution is 0.227. The van der Waals surface area contributed by atoms with E-state index >= 15 is 0 Å². The highest BCUT2D eigenvalue weighted by atomic mass is 32.2. The summed E-state index contributed by atoms with van der Waals surface area (Å²) in [5.41, 5.74) is 0.839. The minimum atomic E-state index is -3.24. The van der Waals surface area contributed by atoms with Crippen LogP contribution in [0.2, 0.25) is 0 Å². The molecule has 1 aromatic rings. The first-order valence-corrected chi connectivity index (χ1v) is 8.67. The molecule has 1 saturated carbocycles. The van der Waals surface area contributed by atoms with Crippen molar-refractivity contribution in [2.24, 2.45) is 11.8 Å². The van der Waals surface area contributed by atoms with Crippen LogP contribution in [0.1, 0.15) is 38.7 Å². The third-order valence-corrected chi connectivity index (χ3v) is 5.61. The van der Waals surface area contributed by atoms with Crippen LogP contribution in [0, 0.1) is 11.8 Å². The Bertz CT molecular complexity index is 498. The van der Waals surface area contributed by atoms with Crippen molar-refractivity contribution in [3.05, 3.63) is 35.9 Å². The summed E-state index contributed by atoms with van der Waals surface area (Å²) in [5.74, 6) is 1.09. The van der Waals surface area contributed by atoms with E-state index < -0.39 is 10.0 Å². The molecular weight excluding hydrogens is 258 g/mol. The van der Waals surface area contributed by atoms with Crippen molar-refractivity contribution in [3.63, 3.8) is 0 Å². The van der Waals surface area contributed by atoms with Crippen LogP contribution in [0.4, 0.5) is 0 Å². The second kappa shape index (κ2) is 6.06. The number of sulfonamides is 1. The largest absolute Gasteiger partial charge is 0.216 e. The number of hydrogen-bond donors (Lipinski definition) is 1. The van der Waals surface area contributed by atoms with Gasteiger partial charge in [0.1, 0.15) is 0 Å². The summed E-state index contributed by atoms with van der Waals surface area (Å²) >= 11 is 0. The Balaban J connectivity index is 2.01. The summed E-state index contributed by atoms with van der Waals surface area (Å²) in [4.78, 5) is 0. The number of rotatable bonds is 4. The van der Waals surface area contributed by atoms with Crippen molar-refractivity contribution in [1.82, 2.24) is 4.72 Å². The minimum Gasteiger partial charge on any atom is -0.212 e. The topological polar surface area (TPSA) is 46.2 Å². The monoisotopic (exact) mass is 281 g/mol. The van der Waals surface area contributed by atoms with Gasteiger partial charge in [-0.15, -0.1) is 0 Å². The smallest absolute Gasteiger partial charge is 0.212 e. The van der Waals surface area contributed by atoms with E-state index in [1.807, 2.05) is 30.3 Å². The molecule has 4 heteroatoms. The Hall–Kier alpha value is -0.870. The van der Waals surface area contributed by atoms with E-state index in [9.17, 15) is 8.42 Å². The normalized spacial score (nSPS) is 28.2. The van der Waals surface area contributed by atoms with Crippen molar-refractivity contribution in [2.45, 2.75) is 44.9 Å². The second-order valence-electron chi connectivity index (χ2n) is 5.74. The molecule has 19 heavy (non-hydrogen) atoms. The van der Waals surface area contributed by atoms with Crippen LogP contribution in [0.25, 0.3) is 0 Å². The van der Waals surface area contributed by atoms with Crippen LogP contribution < -0.4 is 4.72 Å². The average molecular weight is 281 g/mol. The third kappa shape index (κ3) is 4.05. The highest BCUT2D eigenvalue weighted by Crippen LogP contribution is 2.30. The fourth-order valence-corrected chi connectivity index (χ4v) is 4.32. The first-order chi connectivity index (χ1) is 8.98. The van der Waals surface area contributed by atoms with E-state index in [0.29, 0.717) is 11.8 Å². The van der Waals surface area contributed by atoms with Crippen LogP contribution in [0.3, 0.4) is 0 Å². The Kier molecular flexibility index (Phi) is 4.63. The first-order valence-electron chi connectivity index (χ1n) is 7.02. The van der Waals surface area contributed by atoms with Gasteiger partial charge in [-0.1, -0.05) is 57.0 Å². The number of hydrogen-bond acceptors (Lipinski definition) is 2. The zero-order valence-electron chi connectivity index (χ0n) is 11.7. The highest BCUT2D eigenvalue weighted by Gasteiger charge is 2.30. The van der Waals surface area contributed by atoms with E-state index in [4.69, 9.17) is 0 Å². The zero-order valence-corrected chi connectivity index (χ0v) is 12.5. The lowest BCUT2D eigenvalue weighted by atomic mass is 9.78. The molecule has 1 aliphatic rings. The summed E-state index contributed by atoms with van der Waals surface area (Å²) in [7, 11) is -3.24. The molecule has 0 unspecified atom stereocenters. The zero-order chi connectivity index (χ0) is 13.9. The Morgan fingerprint density at radius 2 is 1.84 bits per heavy atom. The Morgan fingerprint density at radius 3 is 2.53 bits per heavy atom. The lowest BCUT2D eigenvalue weighted by Crippen LogP contribution is -2.44. The van der Waals surface area contributed by atoms with Crippen molar-refractivity contribution < 1.29 is 8.42 Å². The molecule has 0 amide bonds. The average Bonchev–Trinajstić information content (AvgIpc) is 2.35. The first kappa shape index (κ1) is 14.5. The van der Waals surface area contributed by atoms with Gasteiger partial charge in [0.05, 0.1) is 5.75 Å². The Labute approximate surface area is 116 Å². The molecule has 0 aromatic heterocycles. The van der Waals surface area contributed by atoms with Crippen LogP contribution in [0.15, 0.2) is 30.3 Å². The van der Waals surface area contributed by atoms with Crippen molar-refractivity contribution in [1.29, 1.82) is 0 Å². The van der Waals surface area contributed by atoms with Gasteiger partial charge >= 0.3 is 0 Å². The van der Waals surface area contributed by atoms with Gasteiger partial charge < -0.3 is 0 Å². The molecule has 106 valence electrons. The van der Waals surface area contributed by atoms with Gasteiger partial charge in [-0.2, -0.15) is 0 Å². The van der Waals surface area contributed by atoms with Crippen LogP contribution >= 0.6 is 0 Å². The number of nitrogens with one attached hydrogen (secondary N) is 1. The van der Waals surface area contributed by atoms with Crippen molar-refractivity contribution >= 4 is 10.0 Å². The quantitative estimate of drug-likeness (QED) is 0.922. The molecule has 1 aromatic carbocycles. The summed E-state index contributed by atoms with van der Waals surface area (Å²) in [6.45, 7) is 4.36. The third-order valence-electron chi connectivity index (χ3n) is 4.24. The van der Waals surface area contributed by atoms with Gasteiger partial charge in [0, 0.05) is 6.04 Å². The molecule has 3 atom stereocenters. The number of benzene rings is 1. The van der Waals surface area contributed by atoms with Gasteiger partial charge in [-0.25, -0.2) is 13.1 Å². The van der Waals surface area contributed by atoms with E-state index in [1.165, 1.54) is 6.42 Å². The summed E-state index contributed by atoms with van der Waals surface area (Å²) in [6, 6.07) is 9.44. The van der Waals surface area contributed by atoms with Gasteiger partial charge in [-0.05, 0) is 23.8 Å². The molecule has 1 aliphatic carbocycles. The van der Waals surface area contributed by atoms with E-state index in [0.717, 1.165) is 18.4 Å². The summed E-state index contributed by atoms with van der Waals surface area (Å²) < 4.78 is 27.3. The minimum absolute atomic E-state index is 0.0748. The molecular formula is C15H23NO2S. The molecule has 2 rings (SSSR count). The predicted octanol–water partition coefficient (Wildman–Crippen LogP) is 2.93. The van der Waals surface area contributed by atoms with Gasteiger partial charge in [0.25, 0.3) is 0 Å². The van der Waals surface area contributed by atoms with Crippen molar-refractivity contribution in [2.75, 3.05) is 0 Å². The molecule has 0 spiro atoms. The molecule has 0 radical (unpaired) electrons.